The van der Waals surface area contributed by atoms with E-state index in [-0.39, 0.29) is 12.0 Å². The van der Waals surface area contributed by atoms with Crippen LogP contribution in [0.1, 0.15) is 26.7 Å². The Hall–Kier alpha value is -1.75. The Kier molecular flexibility index (Phi) is 8.28. The highest BCUT2D eigenvalue weighted by Gasteiger charge is 2.18. The van der Waals surface area contributed by atoms with E-state index >= 15 is 0 Å². The molecule has 0 aromatic heterocycles. The quantitative estimate of drug-likeness (QED) is 0.672. The van der Waals surface area contributed by atoms with Crippen LogP contribution in [-0.4, -0.2) is 38.9 Å². The first-order valence-corrected chi connectivity index (χ1v) is 7.38. The molecule has 1 rings (SSSR count). The molecule has 1 atom stereocenters. The molecule has 21 heavy (non-hydrogen) atoms. The molecule has 1 aromatic rings. The molecule has 0 fully saturated rings. The minimum Gasteiger partial charge on any atom is -0.490 e. The summed E-state index contributed by atoms with van der Waals surface area (Å²) in [6.45, 7) is 5.76. The first-order valence-electron chi connectivity index (χ1n) is 7.38. The van der Waals surface area contributed by atoms with E-state index in [1.54, 1.807) is 0 Å². The number of carbonyl (C=O) groups is 1. The third kappa shape index (κ3) is 6.04. The zero-order valence-electron chi connectivity index (χ0n) is 13.1. The highest BCUT2D eigenvalue weighted by atomic mass is 16.5. The van der Waals surface area contributed by atoms with Crippen molar-refractivity contribution < 1.29 is 19.0 Å². The molecule has 1 N–H and O–H groups in total. The molecule has 0 saturated heterocycles. The zero-order chi connectivity index (χ0) is 15.5. The van der Waals surface area contributed by atoms with E-state index in [1.165, 1.54) is 7.11 Å². The van der Waals surface area contributed by atoms with Crippen LogP contribution in [0.15, 0.2) is 24.3 Å². The number of benzene rings is 1. The van der Waals surface area contributed by atoms with E-state index in [4.69, 9.17) is 14.2 Å². The van der Waals surface area contributed by atoms with Gasteiger partial charge < -0.3 is 19.5 Å². The molecule has 0 heterocycles. The number of nitrogens with one attached hydrogen (secondary N) is 1. The average molecular weight is 295 g/mol. The number of methoxy groups -OCH3 is 1. The van der Waals surface area contributed by atoms with E-state index in [1.807, 2.05) is 31.2 Å². The Morgan fingerprint density at radius 3 is 2.43 bits per heavy atom. The lowest BCUT2D eigenvalue weighted by atomic mass is 10.2. The number of carbonyl (C=O) groups excluding carboxylic acids is 1. The van der Waals surface area contributed by atoms with Crippen molar-refractivity contribution in [1.29, 1.82) is 0 Å². The molecule has 0 radical (unpaired) electrons. The molecule has 0 aliphatic rings. The predicted molar refractivity (Wildman–Crippen MR) is 81.8 cm³/mol. The van der Waals surface area contributed by atoms with Gasteiger partial charge in [0.2, 0.25) is 0 Å². The molecule has 5 heteroatoms. The third-order valence-electron chi connectivity index (χ3n) is 2.94. The molecule has 0 aliphatic carbocycles. The van der Waals surface area contributed by atoms with Crippen LogP contribution in [0.2, 0.25) is 0 Å². The average Bonchev–Trinajstić information content (AvgIpc) is 2.51. The topological polar surface area (TPSA) is 56.8 Å². The van der Waals surface area contributed by atoms with E-state index in [0.29, 0.717) is 25.4 Å². The van der Waals surface area contributed by atoms with Crippen LogP contribution in [0.3, 0.4) is 0 Å². The van der Waals surface area contributed by atoms with Gasteiger partial charge in [-0.05, 0) is 32.0 Å². The van der Waals surface area contributed by atoms with Crippen molar-refractivity contribution in [2.75, 3.05) is 26.9 Å². The molecule has 0 spiro atoms. The van der Waals surface area contributed by atoms with Crippen LogP contribution < -0.4 is 14.8 Å². The monoisotopic (exact) mass is 295 g/mol. The summed E-state index contributed by atoms with van der Waals surface area (Å²) in [6.07, 6.45) is 1.51. The summed E-state index contributed by atoms with van der Waals surface area (Å²) in [5, 5.41) is 3.16. The van der Waals surface area contributed by atoms with Crippen LogP contribution in [0.4, 0.5) is 0 Å². The minimum atomic E-state index is -0.339. The van der Waals surface area contributed by atoms with Gasteiger partial charge in [-0.2, -0.15) is 0 Å². The van der Waals surface area contributed by atoms with Gasteiger partial charge in [0.1, 0.15) is 6.04 Å². The molecule has 5 nitrogen and oxygen atoms in total. The van der Waals surface area contributed by atoms with Crippen molar-refractivity contribution in [3.05, 3.63) is 24.3 Å². The molecule has 118 valence electrons. The number of rotatable bonds is 10. The van der Waals surface area contributed by atoms with Gasteiger partial charge in [0.25, 0.3) is 0 Å². The van der Waals surface area contributed by atoms with E-state index in [2.05, 4.69) is 12.2 Å². The summed E-state index contributed by atoms with van der Waals surface area (Å²) in [4.78, 5) is 11.7. The Morgan fingerprint density at radius 2 is 1.86 bits per heavy atom. The van der Waals surface area contributed by atoms with Crippen molar-refractivity contribution in [1.82, 2.24) is 5.32 Å². The molecular weight excluding hydrogens is 270 g/mol. The lowest BCUT2D eigenvalue weighted by Crippen LogP contribution is -2.39. The second kappa shape index (κ2) is 10.0. The van der Waals surface area contributed by atoms with Crippen LogP contribution in [0, 0.1) is 0 Å². The number of esters is 1. The Morgan fingerprint density at radius 1 is 1.19 bits per heavy atom. The Balaban J connectivity index is 2.51. The maximum absolute atomic E-state index is 11.7. The molecule has 1 unspecified atom stereocenters. The van der Waals surface area contributed by atoms with Gasteiger partial charge in [-0.1, -0.05) is 19.1 Å². The lowest BCUT2D eigenvalue weighted by molar-refractivity contribution is -0.143. The lowest BCUT2D eigenvalue weighted by Gasteiger charge is -2.17. The molecule has 1 aromatic carbocycles. The fourth-order valence-electron chi connectivity index (χ4n) is 1.89. The maximum atomic E-state index is 11.7. The number of hydrogen-bond donors (Lipinski definition) is 1. The highest BCUT2D eigenvalue weighted by Crippen LogP contribution is 2.26. The second-order valence-electron chi connectivity index (χ2n) is 4.55. The Bertz CT molecular complexity index is 422. The zero-order valence-corrected chi connectivity index (χ0v) is 13.1. The molecule has 0 saturated carbocycles. The van der Waals surface area contributed by atoms with Crippen molar-refractivity contribution in [3.8, 4) is 11.5 Å². The fraction of sp³-hybridized carbons (Fsp3) is 0.562. The summed E-state index contributed by atoms with van der Waals surface area (Å²) in [5.41, 5.74) is 0. The van der Waals surface area contributed by atoms with Crippen LogP contribution in [0.5, 0.6) is 11.5 Å². The number of ether oxygens (including phenoxy) is 3. The maximum Gasteiger partial charge on any atom is 0.322 e. The van der Waals surface area contributed by atoms with Gasteiger partial charge in [-0.15, -0.1) is 0 Å². The minimum absolute atomic E-state index is 0.259. The second-order valence-corrected chi connectivity index (χ2v) is 4.55. The van der Waals surface area contributed by atoms with Gasteiger partial charge in [-0.25, -0.2) is 0 Å². The molecule has 0 bridgehead atoms. The van der Waals surface area contributed by atoms with Gasteiger partial charge in [0.15, 0.2) is 11.5 Å². The van der Waals surface area contributed by atoms with E-state index in [9.17, 15) is 4.79 Å². The molecule has 0 aliphatic heterocycles. The summed E-state index contributed by atoms with van der Waals surface area (Å²) in [5.74, 6) is 1.15. The van der Waals surface area contributed by atoms with Crippen molar-refractivity contribution in [2.24, 2.45) is 0 Å². The van der Waals surface area contributed by atoms with Crippen molar-refractivity contribution in [2.45, 2.75) is 32.7 Å². The SMILES string of the molecule is CCCNC(CCOc1ccccc1OCC)C(=O)OC. The highest BCUT2D eigenvalue weighted by molar-refractivity contribution is 5.75. The first-order chi connectivity index (χ1) is 10.2. The van der Waals surface area contributed by atoms with Crippen LogP contribution in [-0.2, 0) is 9.53 Å². The summed E-state index contributed by atoms with van der Waals surface area (Å²) in [6, 6.07) is 7.18. The Labute approximate surface area is 126 Å². The molecular formula is C16H25NO4. The van der Waals surface area contributed by atoms with Gasteiger partial charge in [0.05, 0.1) is 20.3 Å². The van der Waals surface area contributed by atoms with Crippen LogP contribution in [0.25, 0.3) is 0 Å². The normalized spacial score (nSPS) is 11.8. The predicted octanol–water partition coefficient (Wildman–Crippen LogP) is 2.40. The smallest absolute Gasteiger partial charge is 0.322 e. The van der Waals surface area contributed by atoms with Gasteiger partial charge >= 0.3 is 5.97 Å². The fourth-order valence-corrected chi connectivity index (χ4v) is 1.89. The van der Waals surface area contributed by atoms with Gasteiger partial charge in [0, 0.05) is 6.42 Å². The summed E-state index contributed by atoms with van der Waals surface area (Å²) < 4.78 is 16.0. The third-order valence-corrected chi connectivity index (χ3v) is 2.94. The van der Waals surface area contributed by atoms with Crippen LogP contribution >= 0.6 is 0 Å². The number of para-hydroxylation sites is 2. The largest absolute Gasteiger partial charge is 0.490 e. The molecule has 0 amide bonds. The van der Waals surface area contributed by atoms with E-state index in [0.717, 1.165) is 18.7 Å². The standard InChI is InChI=1S/C16H25NO4/c1-4-11-17-13(16(18)19-3)10-12-21-15-9-7-6-8-14(15)20-5-2/h6-9,13,17H,4-5,10-12H2,1-3H3. The van der Waals surface area contributed by atoms with Crippen molar-refractivity contribution in [3.63, 3.8) is 0 Å². The summed E-state index contributed by atoms with van der Waals surface area (Å²) in [7, 11) is 1.40. The van der Waals surface area contributed by atoms with E-state index < -0.39 is 0 Å². The number of hydrogen-bond acceptors (Lipinski definition) is 5. The summed E-state index contributed by atoms with van der Waals surface area (Å²) >= 11 is 0. The van der Waals surface area contributed by atoms with Crippen molar-refractivity contribution >= 4 is 5.97 Å². The van der Waals surface area contributed by atoms with Gasteiger partial charge in [-0.3, -0.25) is 4.79 Å². The first kappa shape index (κ1) is 17.3.